The van der Waals surface area contributed by atoms with Crippen LogP contribution in [0.2, 0.25) is 0 Å². The Morgan fingerprint density at radius 1 is 1.18 bits per heavy atom. The van der Waals surface area contributed by atoms with E-state index in [-0.39, 0.29) is 29.7 Å². The number of Topliss-reactive ketones (excluding diaryl/α,β-unsaturated/α-hetero) is 1. The van der Waals surface area contributed by atoms with Gasteiger partial charge in [0.1, 0.15) is 17.6 Å². The minimum atomic E-state index is -2.51. The van der Waals surface area contributed by atoms with Crippen molar-refractivity contribution in [1.29, 1.82) is 0 Å². The van der Waals surface area contributed by atoms with E-state index in [1.807, 2.05) is 0 Å². The number of aliphatic hydroxyl groups is 4. The first-order valence-corrected chi connectivity index (χ1v) is 12.7. The van der Waals surface area contributed by atoms with Gasteiger partial charge in [-0.1, -0.05) is 6.07 Å². The second-order valence-electron chi connectivity index (χ2n) is 10.7. The first-order chi connectivity index (χ1) is 18.4. The first kappa shape index (κ1) is 26.9. The summed E-state index contributed by atoms with van der Waals surface area (Å²) in [4.78, 5) is 41.6. The van der Waals surface area contributed by atoms with Gasteiger partial charge in [0.2, 0.25) is 0 Å². The molecule has 5 rings (SSSR count). The van der Waals surface area contributed by atoms with Crippen molar-refractivity contribution in [3.05, 3.63) is 45.9 Å². The number of urea groups is 1. The zero-order valence-corrected chi connectivity index (χ0v) is 21.5. The van der Waals surface area contributed by atoms with Crippen molar-refractivity contribution in [1.82, 2.24) is 9.80 Å². The van der Waals surface area contributed by atoms with Gasteiger partial charge in [-0.2, -0.15) is 0 Å². The molecule has 3 amide bonds. The molecule has 0 saturated carbocycles. The number of nitrogens with one attached hydrogen (secondary N) is 1. The van der Waals surface area contributed by atoms with Crippen LogP contribution in [0.4, 0.5) is 10.5 Å². The third kappa shape index (κ3) is 3.95. The van der Waals surface area contributed by atoms with Gasteiger partial charge < -0.3 is 46.2 Å². The average molecular weight is 545 g/mol. The number of hydrogen-bond acceptors (Lipinski definition) is 10. The van der Waals surface area contributed by atoms with Crippen molar-refractivity contribution in [2.24, 2.45) is 17.6 Å². The van der Waals surface area contributed by atoms with Crippen LogP contribution in [0.25, 0.3) is 0 Å². The highest BCUT2D eigenvalue weighted by molar-refractivity contribution is 6.15. The van der Waals surface area contributed by atoms with E-state index < -0.39 is 70.1 Å². The largest absolute Gasteiger partial charge is 0.510 e. The predicted molar refractivity (Wildman–Crippen MR) is 136 cm³/mol. The molecule has 1 saturated heterocycles. The maximum atomic E-state index is 13.8. The Balaban J connectivity index is 1.56. The monoisotopic (exact) mass is 544 g/mol. The molecule has 13 heteroatoms. The van der Waals surface area contributed by atoms with Crippen LogP contribution >= 0.6 is 0 Å². The van der Waals surface area contributed by atoms with Crippen molar-refractivity contribution in [2.75, 3.05) is 45.7 Å². The van der Waals surface area contributed by atoms with Crippen LogP contribution in [0.1, 0.15) is 22.3 Å². The number of amides is 3. The number of ketones is 1. The second kappa shape index (κ2) is 9.52. The van der Waals surface area contributed by atoms with Crippen LogP contribution in [-0.2, 0) is 16.0 Å². The summed E-state index contributed by atoms with van der Waals surface area (Å²) in [6.07, 6.45) is -1.85. The maximum Gasteiger partial charge on any atom is 0.322 e. The van der Waals surface area contributed by atoms with E-state index in [2.05, 4.69) is 5.32 Å². The Kier molecular flexibility index (Phi) is 6.58. The fourth-order valence-electron chi connectivity index (χ4n) is 6.46. The molecule has 1 aromatic rings. The van der Waals surface area contributed by atoms with E-state index >= 15 is 0 Å². The van der Waals surface area contributed by atoms with Gasteiger partial charge in [0.05, 0.1) is 36.1 Å². The smallest absolute Gasteiger partial charge is 0.322 e. The fourth-order valence-corrected chi connectivity index (χ4v) is 6.46. The quantitative estimate of drug-likeness (QED) is 0.249. The SMILES string of the molecule is CN(C)[C@@H]1C(O)=C(C(N)=O)C(O)[C@@]2(O)C(O)=C3C(=O)c4c(ccc(NC(=O)N5CCOCC5)c4O)C[C@H]3C[C@@H]12. The Labute approximate surface area is 223 Å². The number of allylic oxidation sites excluding steroid dienone is 1. The number of nitrogens with two attached hydrogens (primary N) is 1. The van der Waals surface area contributed by atoms with Crippen molar-refractivity contribution in [3.8, 4) is 5.75 Å². The van der Waals surface area contributed by atoms with Crippen molar-refractivity contribution >= 4 is 23.4 Å². The van der Waals surface area contributed by atoms with Crippen LogP contribution in [0.5, 0.6) is 5.75 Å². The van der Waals surface area contributed by atoms with Gasteiger partial charge in [-0.25, -0.2) is 4.79 Å². The third-order valence-electron chi connectivity index (χ3n) is 8.34. The molecule has 3 aliphatic carbocycles. The Morgan fingerprint density at radius 2 is 1.85 bits per heavy atom. The molecule has 1 aromatic carbocycles. The molecule has 210 valence electrons. The zero-order valence-electron chi connectivity index (χ0n) is 21.5. The fraction of sp³-hybridized carbons (Fsp3) is 0.500. The highest BCUT2D eigenvalue weighted by atomic mass is 16.5. The molecule has 0 bridgehead atoms. The molecule has 13 nitrogen and oxygen atoms in total. The number of carbonyl (C=O) groups excluding carboxylic acids is 3. The number of morpholine rings is 1. The van der Waals surface area contributed by atoms with E-state index in [1.165, 1.54) is 15.9 Å². The van der Waals surface area contributed by atoms with E-state index in [4.69, 9.17) is 10.5 Å². The molecule has 0 aromatic heterocycles. The number of nitrogens with zero attached hydrogens (tertiary/aromatic N) is 2. The second-order valence-corrected chi connectivity index (χ2v) is 10.7. The molecule has 1 unspecified atom stereocenters. The summed E-state index contributed by atoms with van der Waals surface area (Å²) < 4.78 is 5.24. The van der Waals surface area contributed by atoms with Crippen molar-refractivity contribution in [2.45, 2.75) is 30.6 Å². The summed E-state index contributed by atoms with van der Waals surface area (Å²) in [6.45, 7) is 1.50. The van der Waals surface area contributed by atoms with E-state index in [1.54, 1.807) is 20.2 Å². The summed E-state index contributed by atoms with van der Waals surface area (Å²) in [7, 11) is 3.19. The molecular formula is C26H32N4O9. The lowest BCUT2D eigenvalue weighted by molar-refractivity contribution is -0.143. The first-order valence-electron chi connectivity index (χ1n) is 12.7. The molecule has 8 N–H and O–H groups in total. The molecule has 0 radical (unpaired) electrons. The molecule has 0 spiro atoms. The zero-order chi connectivity index (χ0) is 28.4. The molecule has 1 heterocycles. The number of aromatic hydroxyl groups is 1. The lowest BCUT2D eigenvalue weighted by Crippen LogP contribution is -2.65. The van der Waals surface area contributed by atoms with E-state index in [9.17, 15) is 39.9 Å². The lowest BCUT2D eigenvalue weighted by atomic mass is 9.58. The number of benzene rings is 1. The average Bonchev–Trinajstić information content (AvgIpc) is 2.88. The number of hydrogen-bond donors (Lipinski definition) is 7. The van der Waals surface area contributed by atoms with Gasteiger partial charge in [0.15, 0.2) is 17.1 Å². The molecule has 5 atom stereocenters. The number of fused-ring (bicyclic) bond motifs is 3. The van der Waals surface area contributed by atoms with Crippen molar-refractivity contribution < 1.29 is 44.7 Å². The molecule has 39 heavy (non-hydrogen) atoms. The summed E-state index contributed by atoms with van der Waals surface area (Å²) in [6, 6.07) is 1.64. The highest BCUT2D eigenvalue weighted by Crippen LogP contribution is 2.53. The third-order valence-corrected chi connectivity index (χ3v) is 8.34. The van der Waals surface area contributed by atoms with Crippen LogP contribution < -0.4 is 11.1 Å². The van der Waals surface area contributed by atoms with E-state index in [0.29, 0.717) is 31.9 Å². The summed E-state index contributed by atoms with van der Waals surface area (Å²) >= 11 is 0. The normalized spacial score (nSPS) is 30.6. The Hall–Kier alpha value is -3.65. The number of phenols is 1. The predicted octanol–water partition coefficient (Wildman–Crippen LogP) is -0.223. The number of primary amides is 1. The van der Waals surface area contributed by atoms with Crippen molar-refractivity contribution in [3.63, 3.8) is 0 Å². The van der Waals surface area contributed by atoms with Crippen LogP contribution in [0.15, 0.2) is 34.8 Å². The minimum Gasteiger partial charge on any atom is -0.510 e. The van der Waals surface area contributed by atoms with Crippen LogP contribution in [0, 0.1) is 11.8 Å². The summed E-state index contributed by atoms with van der Waals surface area (Å²) in [5, 5.41) is 58.7. The van der Waals surface area contributed by atoms with Gasteiger partial charge in [0, 0.05) is 24.6 Å². The lowest BCUT2D eigenvalue weighted by Gasteiger charge is -2.53. The molecule has 1 aliphatic heterocycles. The number of rotatable bonds is 3. The van der Waals surface area contributed by atoms with Gasteiger partial charge in [-0.3, -0.25) is 14.5 Å². The number of likely N-dealkylation sites (N-methyl/N-ethyl adjacent to an activating group) is 1. The van der Waals surface area contributed by atoms with Gasteiger partial charge in [-0.15, -0.1) is 0 Å². The van der Waals surface area contributed by atoms with Crippen LogP contribution in [0.3, 0.4) is 0 Å². The minimum absolute atomic E-state index is 0.00114. The number of phenolic OH excluding ortho intramolecular Hbond substituents is 1. The standard InChI is InChI=1S/C26H32N4O9/c1-29(2)18-13-10-12-9-11-3-4-14(28-25(37)30-5-7-39-8-6-30)19(31)15(11)20(32)16(12)22(34)26(13,38)23(35)17(21(18)33)24(27)36/h3-4,12-13,18,23,31,33-35,38H,5-10H2,1-2H3,(H2,27,36)(H,28,37)/t12-,13-,18-,23?,26-/m0/s1. The molecular weight excluding hydrogens is 512 g/mol. The van der Waals surface area contributed by atoms with E-state index in [0.717, 1.165) is 0 Å². The topological polar surface area (TPSA) is 206 Å². The number of ether oxygens (including phenoxy) is 1. The summed E-state index contributed by atoms with van der Waals surface area (Å²) in [5.74, 6) is -5.43. The number of carbonyl (C=O) groups is 3. The highest BCUT2D eigenvalue weighted by Gasteiger charge is 2.62. The number of anilines is 1. The Bertz CT molecular complexity index is 1320. The van der Waals surface area contributed by atoms with Gasteiger partial charge >= 0.3 is 6.03 Å². The maximum absolute atomic E-state index is 13.8. The molecule has 4 aliphatic rings. The van der Waals surface area contributed by atoms with Gasteiger partial charge in [-0.05, 0) is 44.5 Å². The van der Waals surface area contributed by atoms with Crippen LogP contribution in [-0.4, -0.2) is 111 Å². The molecule has 1 fully saturated rings. The number of aliphatic hydroxyl groups excluding tert-OH is 3. The van der Waals surface area contributed by atoms with Gasteiger partial charge in [0.25, 0.3) is 5.91 Å². The Morgan fingerprint density at radius 3 is 2.46 bits per heavy atom. The summed E-state index contributed by atoms with van der Waals surface area (Å²) in [5.41, 5.74) is 2.35.